The van der Waals surface area contributed by atoms with E-state index >= 15 is 0 Å². The standard InChI is InChI=1S/C23H22N4O6S/c1-10-9-14(27-33-10)26-20(28)19-18(24)17-16(12-5-7-13(8-6-12)22(29)31-3)15(23(30)32-4)11(2)25-21(17)34-19/h5-9,16,25H,24H2,1-4H3,(H,26,27,28)/t16-/m1/s1. The van der Waals surface area contributed by atoms with Crippen LogP contribution in [0.3, 0.4) is 0 Å². The van der Waals surface area contributed by atoms with Crippen LogP contribution >= 0.6 is 11.3 Å². The number of hydrogen-bond donors (Lipinski definition) is 3. The predicted molar refractivity (Wildman–Crippen MR) is 126 cm³/mol. The molecule has 1 aliphatic heterocycles. The van der Waals surface area contributed by atoms with Crippen molar-refractivity contribution in [1.82, 2.24) is 5.16 Å². The minimum absolute atomic E-state index is 0.223. The molecule has 0 radical (unpaired) electrons. The number of nitrogens with two attached hydrogens (primary N) is 1. The molecule has 176 valence electrons. The highest BCUT2D eigenvalue weighted by Gasteiger charge is 2.38. The second kappa shape index (κ2) is 9.02. The molecule has 0 spiro atoms. The molecule has 1 amide bonds. The summed E-state index contributed by atoms with van der Waals surface area (Å²) in [5.74, 6) is -1.28. The van der Waals surface area contributed by atoms with Gasteiger partial charge in [-0.25, -0.2) is 9.59 Å². The van der Waals surface area contributed by atoms with Crippen molar-refractivity contribution in [2.75, 3.05) is 30.6 Å². The van der Waals surface area contributed by atoms with E-state index < -0.39 is 23.8 Å². The summed E-state index contributed by atoms with van der Waals surface area (Å²) in [6, 6.07) is 8.24. The van der Waals surface area contributed by atoms with Crippen LogP contribution in [-0.2, 0) is 14.3 Å². The topological polar surface area (TPSA) is 146 Å². The first-order valence-electron chi connectivity index (χ1n) is 10.2. The number of aryl methyl sites for hydroxylation is 1. The highest BCUT2D eigenvalue weighted by atomic mass is 32.1. The number of carbonyl (C=O) groups excluding carboxylic acids is 3. The zero-order chi connectivity index (χ0) is 24.6. The zero-order valence-corrected chi connectivity index (χ0v) is 19.7. The number of rotatable bonds is 5. The Morgan fingerprint density at radius 1 is 1.12 bits per heavy atom. The maximum Gasteiger partial charge on any atom is 0.337 e. The van der Waals surface area contributed by atoms with Crippen LogP contribution < -0.4 is 16.4 Å². The van der Waals surface area contributed by atoms with Gasteiger partial charge in [0, 0.05) is 23.2 Å². The maximum absolute atomic E-state index is 13.0. The third-order valence-electron chi connectivity index (χ3n) is 5.41. The first kappa shape index (κ1) is 23.1. The van der Waals surface area contributed by atoms with E-state index in [2.05, 4.69) is 15.8 Å². The van der Waals surface area contributed by atoms with Crippen LogP contribution in [0.2, 0.25) is 0 Å². The molecule has 2 aromatic heterocycles. The number of nitrogens with zero attached hydrogens (tertiary/aromatic N) is 1. The van der Waals surface area contributed by atoms with Crippen molar-refractivity contribution in [3.05, 3.63) is 68.9 Å². The number of thiophene rings is 1. The van der Waals surface area contributed by atoms with E-state index in [1.165, 1.54) is 14.2 Å². The van der Waals surface area contributed by atoms with Gasteiger partial charge < -0.3 is 30.4 Å². The Morgan fingerprint density at radius 2 is 1.79 bits per heavy atom. The Bertz CT molecular complexity index is 1320. The summed E-state index contributed by atoms with van der Waals surface area (Å²) in [7, 11) is 2.60. The third kappa shape index (κ3) is 4.01. The number of hydrogen-bond acceptors (Lipinski definition) is 10. The molecule has 0 saturated heterocycles. The van der Waals surface area contributed by atoms with Crippen LogP contribution in [0.5, 0.6) is 0 Å². The second-order valence-electron chi connectivity index (χ2n) is 7.57. The Morgan fingerprint density at radius 3 is 2.38 bits per heavy atom. The van der Waals surface area contributed by atoms with Crippen LogP contribution in [0.1, 0.15) is 49.8 Å². The van der Waals surface area contributed by atoms with Gasteiger partial charge in [0.25, 0.3) is 5.91 Å². The number of allylic oxidation sites excluding steroid dienone is 1. The van der Waals surface area contributed by atoms with Gasteiger partial charge in [-0.2, -0.15) is 0 Å². The molecule has 1 atom stereocenters. The van der Waals surface area contributed by atoms with Crippen LogP contribution in [0.15, 0.2) is 46.1 Å². The molecule has 10 nitrogen and oxygen atoms in total. The summed E-state index contributed by atoms with van der Waals surface area (Å²) in [4.78, 5) is 37.8. The Balaban J connectivity index is 1.80. The van der Waals surface area contributed by atoms with Crippen LogP contribution in [0.25, 0.3) is 0 Å². The molecule has 3 aromatic rings. The molecule has 0 aliphatic carbocycles. The average Bonchev–Trinajstić information content (AvgIpc) is 3.39. The number of amides is 1. The Hall–Kier alpha value is -4.12. The van der Waals surface area contributed by atoms with E-state index in [9.17, 15) is 14.4 Å². The molecular weight excluding hydrogens is 460 g/mol. The molecule has 3 heterocycles. The molecule has 4 N–H and O–H groups in total. The van der Waals surface area contributed by atoms with Gasteiger partial charge in [-0.05, 0) is 31.5 Å². The SMILES string of the molecule is COC(=O)C1=C(C)Nc2sc(C(=O)Nc3cc(C)on3)c(N)c2[C@@H]1c1ccc(C(=O)OC)cc1. The molecular formula is C23H22N4O6S. The number of nitrogen functional groups attached to an aromatic ring is 1. The summed E-state index contributed by atoms with van der Waals surface area (Å²) in [6.45, 7) is 3.46. The molecule has 0 fully saturated rings. The number of ether oxygens (including phenoxy) is 2. The highest BCUT2D eigenvalue weighted by molar-refractivity contribution is 7.19. The van der Waals surface area contributed by atoms with Gasteiger partial charge in [-0.15, -0.1) is 11.3 Å². The highest BCUT2D eigenvalue weighted by Crippen LogP contribution is 2.50. The first-order chi connectivity index (χ1) is 16.2. The van der Waals surface area contributed by atoms with E-state index in [-0.39, 0.29) is 16.4 Å². The maximum atomic E-state index is 13.0. The van der Waals surface area contributed by atoms with Crippen molar-refractivity contribution in [3.63, 3.8) is 0 Å². The van der Waals surface area contributed by atoms with Crippen molar-refractivity contribution in [2.24, 2.45) is 0 Å². The number of esters is 2. The summed E-state index contributed by atoms with van der Waals surface area (Å²) in [5, 5.41) is 10.3. The van der Waals surface area contributed by atoms with Gasteiger partial charge in [-0.3, -0.25) is 4.79 Å². The molecule has 11 heteroatoms. The number of aromatic nitrogens is 1. The Labute approximate surface area is 198 Å². The largest absolute Gasteiger partial charge is 0.466 e. The lowest BCUT2D eigenvalue weighted by Gasteiger charge is -2.28. The first-order valence-corrected chi connectivity index (χ1v) is 11.0. The van der Waals surface area contributed by atoms with E-state index in [0.29, 0.717) is 38.7 Å². The van der Waals surface area contributed by atoms with E-state index in [4.69, 9.17) is 19.7 Å². The average molecular weight is 483 g/mol. The fraction of sp³-hybridized carbons (Fsp3) is 0.217. The minimum Gasteiger partial charge on any atom is -0.466 e. The quantitative estimate of drug-likeness (QED) is 0.464. The molecule has 34 heavy (non-hydrogen) atoms. The molecule has 0 bridgehead atoms. The monoisotopic (exact) mass is 482 g/mol. The molecule has 0 saturated carbocycles. The lowest BCUT2D eigenvalue weighted by Crippen LogP contribution is -2.23. The van der Waals surface area contributed by atoms with Crippen molar-refractivity contribution in [1.29, 1.82) is 0 Å². The molecule has 1 aromatic carbocycles. The van der Waals surface area contributed by atoms with Gasteiger partial charge in [0.05, 0.1) is 36.0 Å². The van der Waals surface area contributed by atoms with Gasteiger partial charge >= 0.3 is 11.9 Å². The van der Waals surface area contributed by atoms with E-state index in [1.807, 2.05) is 0 Å². The van der Waals surface area contributed by atoms with Crippen LogP contribution in [0.4, 0.5) is 16.5 Å². The molecule has 0 unspecified atom stereocenters. The smallest absolute Gasteiger partial charge is 0.337 e. The van der Waals surface area contributed by atoms with Crippen LogP contribution in [-0.4, -0.2) is 37.2 Å². The fourth-order valence-electron chi connectivity index (χ4n) is 3.85. The molecule has 1 aliphatic rings. The van der Waals surface area contributed by atoms with Gasteiger partial charge in [0.2, 0.25) is 0 Å². The lowest BCUT2D eigenvalue weighted by atomic mass is 9.81. The summed E-state index contributed by atoms with van der Waals surface area (Å²) in [5.41, 5.74) is 9.25. The number of fused-ring (bicyclic) bond motifs is 1. The van der Waals surface area contributed by atoms with Crippen molar-refractivity contribution < 1.29 is 28.4 Å². The van der Waals surface area contributed by atoms with E-state index in [1.54, 1.807) is 44.2 Å². The van der Waals surface area contributed by atoms with Crippen molar-refractivity contribution in [3.8, 4) is 0 Å². The van der Waals surface area contributed by atoms with E-state index in [0.717, 1.165) is 11.3 Å². The number of nitrogens with one attached hydrogen (secondary N) is 2. The van der Waals surface area contributed by atoms with Crippen molar-refractivity contribution >= 4 is 45.7 Å². The van der Waals surface area contributed by atoms with Crippen molar-refractivity contribution in [2.45, 2.75) is 19.8 Å². The predicted octanol–water partition coefficient (Wildman–Crippen LogP) is 3.67. The zero-order valence-electron chi connectivity index (χ0n) is 18.8. The summed E-state index contributed by atoms with van der Waals surface area (Å²) in [6.07, 6.45) is 0. The van der Waals surface area contributed by atoms with Gasteiger partial charge in [-0.1, -0.05) is 17.3 Å². The number of anilines is 3. The van der Waals surface area contributed by atoms with Gasteiger partial charge in [0.1, 0.15) is 10.6 Å². The van der Waals surface area contributed by atoms with Gasteiger partial charge in [0.15, 0.2) is 5.82 Å². The van der Waals surface area contributed by atoms with Crippen LogP contribution in [0, 0.1) is 6.92 Å². The molecule has 4 rings (SSSR count). The lowest BCUT2D eigenvalue weighted by molar-refractivity contribution is -0.136. The number of carbonyl (C=O) groups is 3. The fourth-order valence-corrected chi connectivity index (χ4v) is 4.96. The summed E-state index contributed by atoms with van der Waals surface area (Å²) < 4.78 is 14.8. The summed E-state index contributed by atoms with van der Waals surface area (Å²) >= 11 is 1.16. The number of methoxy groups -OCH3 is 2. The minimum atomic E-state index is -0.623. The number of benzene rings is 1. The second-order valence-corrected chi connectivity index (χ2v) is 8.59. The Kier molecular flexibility index (Phi) is 6.12. The third-order valence-corrected chi connectivity index (χ3v) is 6.55. The normalized spacial score (nSPS) is 14.8.